The molecule has 0 spiro atoms. The number of hydrogen-bond acceptors (Lipinski definition) is 5. The number of carboxylic acids is 1. The highest BCUT2D eigenvalue weighted by atomic mass is 35.5. The van der Waals surface area contributed by atoms with E-state index in [2.05, 4.69) is 41.1 Å². The number of rotatable bonds is 11. The summed E-state index contributed by atoms with van der Waals surface area (Å²) in [5.74, 6) is -1.22. The molecule has 0 aliphatic carbocycles. The number of benzene rings is 3. The van der Waals surface area contributed by atoms with Gasteiger partial charge in [0.15, 0.2) is 0 Å². The molecule has 0 aliphatic rings. The maximum atomic E-state index is 12.2. The first-order chi connectivity index (χ1) is 17.9. The second kappa shape index (κ2) is 12.5. The molecule has 0 unspecified atom stereocenters. The van der Waals surface area contributed by atoms with Gasteiger partial charge >= 0.3 is 5.97 Å². The molecule has 0 saturated heterocycles. The number of hydrogen-bond donors (Lipinski definition) is 3. The molecule has 0 radical (unpaired) electrons. The van der Waals surface area contributed by atoms with Crippen LogP contribution in [0.3, 0.4) is 0 Å². The maximum Gasteiger partial charge on any atom is 0.305 e. The number of halogens is 1. The van der Waals surface area contributed by atoms with Gasteiger partial charge in [0.05, 0.1) is 12.1 Å². The molecule has 1 amide bonds. The van der Waals surface area contributed by atoms with Crippen LogP contribution in [-0.2, 0) is 17.8 Å². The van der Waals surface area contributed by atoms with Crippen LogP contribution in [0.5, 0.6) is 0 Å². The van der Waals surface area contributed by atoms with Crippen molar-refractivity contribution in [2.45, 2.75) is 32.7 Å². The molecule has 4 aromatic rings. The molecule has 0 bridgehead atoms. The third-order valence-electron chi connectivity index (χ3n) is 5.82. The molecular formula is C29H28ClN3O3S. The number of nitrogens with zero attached hydrogens (tertiary/aromatic N) is 1. The van der Waals surface area contributed by atoms with E-state index >= 15 is 0 Å². The molecular weight excluding hydrogens is 506 g/mol. The van der Waals surface area contributed by atoms with Crippen LogP contribution in [-0.4, -0.2) is 28.5 Å². The minimum atomic E-state index is -0.942. The SMILES string of the molecule is CCCc1ccc(NCc2ccc(C(=O)NCCC(=O)O)cc2)c(-c2nc(-c3ccc(Cl)cc3)cs2)c1. The minimum Gasteiger partial charge on any atom is -0.481 e. The van der Waals surface area contributed by atoms with Gasteiger partial charge in [0.2, 0.25) is 0 Å². The molecule has 0 aliphatic heterocycles. The van der Waals surface area contributed by atoms with Crippen molar-refractivity contribution in [1.29, 1.82) is 0 Å². The average molecular weight is 534 g/mol. The Kier molecular flexibility index (Phi) is 8.93. The number of carboxylic acid groups (broad SMARTS) is 1. The fraction of sp³-hybridized carbons (Fsp3) is 0.207. The van der Waals surface area contributed by atoms with E-state index < -0.39 is 5.97 Å². The summed E-state index contributed by atoms with van der Waals surface area (Å²) in [6.07, 6.45) is 1.96. The summed E-state index contributed by atoms with van der Waals surface area (Å²) in [6, 6.07) is 21.4. The van der Waals surface area contributed by atoms with Crippen LogP contribution in [0, 0.1) is 0 Å². The van der Waals surface area contributed by atoms with Crippen LogP contribution in [0.15, 0.2) is 72.1 Å². The van der Waals surface area contributed by atoms with Crippen molar-refractivity contribution >= 4 is 40.5 Å². The fourth-order valence-electron chi connectivity index (χ4n) is 3.87. The molecule has 0 fully saturated rings. The third-order valence-corrected chi connectivity index (χ3v) is 6.95. The average Bonchev–Trinajstić information content (AvgIpc) is 3.39. The van der Waals surface area contributed by atoms with Crippen molar-refractivity contribution in [2.75, 3.05) is 11.9 Å². The number of nitrogens with one attached hydrogen (secondary N) is 2. The Morgan fingerprint density at radius 1 is 1.00 bits per heavy atom. The lowest BCUT2D eigenvalue weighted by atomic mass is 10.0. The zero-order valence-electron chi connectivity index (χ0n) is 20.5. The minimum absolute atomic E-state index is 0.102. The van der Waals surface area contributed by atoms with Gasteiger partial charge < -0.3 is 15.7 Å². The summed E-state index contributed by atoms with van der Waals surface area (Å²) in [5, 5.41) is 18.6. The summed E-state index contributed by atoms with van der Waals surface area (Å²) in [6.45, 7) is 2.85. The van der Waals surface area contributed by atoms with Crippen LogP contribution in [0.4, 0.5) is 5.69 Å². The largest absolute Gasteiger partial charge is 0.481 e. The second-order valence-electron chi connectivity index (χ2n) is 8.62. The Morgan fingerprint density at radius 2 is 1.73 bits per heavy atom. The highest BCUT2D eigenvalue weighted by Gasteiger charge is 2.13. The Balaban J connectivity index is 1.49. The zero-order valence-corrected chi connectivity index (χ0v) is 22.0. The summed E-state index contributed by atoms with van der Waals surface area (Å²) in [4.78, 5) is 27.7. The first-order valence-electron chi connectivity index (χ1n) is 12.1. The smallest absolute Gasteiger partial charge is 0.305 e. The molecule has 1 heterocycles. The number of amides is 1. The van der Waals surface area contributed by atoms with Crippen LogP contribution in [0.2, 0.25) is 5.02 Å². The zero-order chi connectivity index (χ0) is 26.2. The number of carbonyl (C=O) groups is 2. The van der Waals surface area contributed by atoms with Crippen LogP contribution < -0.4 is 10.6 Å². The van der Waals surface area contributed by atoms with Gasteiger partial charge in [-0.25, -0.2) is 4.98 Å². The standard InChI is InChI=1S/C29H28ClN3O3S/c1-2-3-19-6-13-25(24(16-19)29-33-26(18-37-29)21-9-11-23(30)12-10-21)32-17-20-4-7-22(8-5-20)28(36)31-15-14-27(34)35/h4-13,16,18,32H,2-3,14-15,17H2,1H3,(H,31,36)(H,34,35). The first-order valence-corrected chi connectivity index (χ1v) is 13.4. The number of thiazole rings is 1. The van der Waals surface area contributed by atoms with Crippen molar-refractivity contribution in [2.24, 2.45) is 0 Å². The van der Waals surface area contributed by atoms with Crippen LogP contribution in [0.1, 0.15) is 41.3 Å². The van der Waals surface area contributed by atoms with Gasteiger partial charge in [-0.2, -0.15) is 0 Å². The lowest BCUT2D eigenvalue weighted by molar-refractivity contribution is -0.136. The Hall–Kier alpha value is -3.68. The van der Waals surface area contributed by atoms with Gasteiger partial charge in [-0.15, -0.1) is 11.3 Å². The number of aliphatic carboxylic acids is 1. The van der Waals surface area contributed by atoms with Crippen molar-refractivity contribution < 1.29 is 14.7 Å². The van der Waals surface area contributed by atoms with Gasteiger partial charge in [0.25, 0.3) is 5.91 Å². The van der Waals surface area contributed by atoms with E-state index in [0.29, 0.717) is 17.1 Å². The number of carbonyl (C=O) groups excluding carboxylic acids is 1. The third kappa shape index (κ3) is 7.18. The number of anilines is 1. The van der Waals surface area contributed by atoms with Crippen LogP contribution in [0.25, 0.3) is 21.8 Å². The topological polar surface area (TPSA) is 91.3 Å². The second-order valence-corrected chi connectivity index (χ2v) is 9.92. The highest BCUT2D eigenvalue weighted by molar-refractivity contribution is 7.13. The molecule has 0 atom stereocenters. The quantitative estimate of drug-likeness (QED) is 0.195. The van der Waals surface area contributed by atoms with E-state index in [4.69, 9.17) is 21.7 Å². The van der Waals surface area contributed by atoms with E-state index in [0.717, 1.165) is 45.9 Å². The fourth-order valence-corrected chi connectivity index (χ4v) is 4.86. The highest BCUT2D eigenvalue weighted by Crippen LogP contribution is 2.35. The Bertz CT molecular complexity index is 1370. The molecule has 0 saturated carbocycles. The molecule has 37 heavy (non-hydrogen) atoms. The van der Waals surface area contributed by atoms with E-state index in [9.17, 15) is 9.59 Å². The maximum absolute atomic E-state index is 12.2. The van der Waals surface area contributed by atoms with E-state index in [-0.39, 0.29) is 18.9 Å². The van der Waals surface area contributed by atoms with Gasteiger partial charge in [0, 0.05) is 45.9 Å². The van der Waals surface area contributed by atoms with Crippen molar-refractivity contribution in [3.05, 3.63) is 93.8 Å². The normalized spacial score (nSPS) is 10.8. The van der Waals surface area contributed by atoms with Gasteiger partial charge in [-0.1, -0.05) is 55.3 Å². The van der Waals surface area contributed by atoms with Crippen molar-refractivity contribution in [3.63, 3.8) is 0 Å². The summed E-state index contributed by atoms with van der Waals surface area (Å²) in [7, 11) is 0. The van der Waals surface area contributed by atoms with Gasteiger partial charge in [0.1, 0.15) is 5.01 Å². The van der Waals surface area contributed by atoms with Crippen molar-refractivity contribution in [1.82, 2.24) is 10.3 Å². The summed E-state index contributed by atoms with van der Waals surface area (Å²) in [5.41, 5.74) is 6.78. The Labute approximate surface area is 225 Å². The van der Waals surface area contributed by atoms with E-state index in [1.165, 1.54) is 5.56 Å². The lowest BCUT2D eigenvalue weighted by Crippen LogP contribution is -2.25. The first kappa shape index (κ1) is 26.4. The molecule has 190 valence electrons. The molecule has 6 nitrogen and oxygen atoms in total. The lowest BCUT2D eigenvalue weighted by Gasteiger charge is -2.13. The predicted molar refractivity (Wildman–Crippen MR) is 150 cm³/mol. The van der Waals surface area contributed by atoms with Crippen LogP contribution >= 0.6 is 22.9 Å². The molecule has 8 heteroatoms. The number of aryl methyl sites for hydroxylation is 1. The molecule has 4 rings (SSSR count). The van der Waals surface area contributed by atoms with E-state index in [1.807, 2.05) is 36.4 Å². The van der Waals surface area contributed by atoms with Gasteiger partial charge in [-0.3, -0.25) is 9.59 Å². The number of aromatic nitrogens is 1. The molecule has 3 aromatic carbocycles. The van der Waals surface area contributed by atoms with E-state index in [1.54, 1.807) is 23.5 Å². The molecule has 1 aromatic heterocycles. The summed E-state index contributed by atoms with van der Waals surface area (Å²) >= 11 is 7.65. The predicted octanol–water partition coefficient (Wildman–Crippen LogP) is 6.90. The molecule has 3 N–H and O–H groups in total. The Morgan fingerprint density at radius 3 is 2.43 bits per heavy atom. The summed E-state index contributed by atoms with van der Waals surface area (Å²) < 4.78 is 0. The monoisotopic (exact) mass is 533 g/mol. The van der Waals surface area contributed by atoms with Crippen molar-refractivity contribution in [3.8, 4) is 21.8 Å². The van der Waals surface area contributed by atoms with Gasteiger partial charge in [-0.05, 0) is 53.9 Å².